The summed E-state index contributed by atoms with van der Waals surface area (Å²) in [5.41, 5.74) is 10.4. The summed E-state index contributed by atoms with van der Waals surface area (Å²) in [4.78, 5) is 0. The second kappa shape index (κ2) is 10.1. The van der Waals surface area contributed by atoms with Gasteiger partial charge in [-0.05, 0) is 0 Å². The van der Waals surface area contributed by atoms with Crippen LogP contribution in [-0.2, 0) is 14.1 Å². The number of halogens is 2. The van der Waals surface area contributed by atoms with E-state index in [1.54, 1.807) is 0 Å². The Morgan fingerprint density at radius 1 is 0.780 bits per heavy atom. The van der Waals surface area contributed by atoms with Crippen molar-refractivity contribution in [1.82, 2.24) is 0 Å². The molecule has 2 aliphatic carbocycles. The normalized spacial score (nSPS) is 19.6. The molecule has 0 nitrogen and oxygen atoms in total. The van der Waals surface area contributed by atoms with Crippen molar-refractivity contribution in [1.29, 1.82) is 0 Å². The van der Waals surface area contributed by atoms with Gasteiger partial charge in [0.1, 0.15) is 0 Å². The van der Waals surface area contributed by atoms with E-state index in [0.29, 0.717) is 5.92 Å². The van der Waals surface area contributed by atoms with Crippen LogP contribution in [0.2, 0.25) is 13.1 Å². The minimum absolute atomic E-state index is 0.00955. The van der Waals surface area contributed by atoms with Gasteiger partial charge in [0.05, 0.1) is 0 Å². The molecule has 0 saturated heterocycles. The number of hydrogen-bond acceptors (Lipinski definition) is 0. The molecule has 4 aromatic carbocycles. The number of fused-ring (bicyclic) bond motifs is 2. The molecule has 0 amide bonds. The summed E-state index contributed by atoms with van der Waals surface area (Å²) in [6.07, 6.45) is 8.02. The molecular weight excluding hydrogens is 635 g/mol. The molecule has 0 fully saturated rings. The Balaban J connectivity index is 1.69. The van der Waals surface area contributed by atoms with Gasteiger partial charge in [-0.25, -0.2) is 0 Å². The average Bonchev–Trinajstić information content (AvgIpc) is 3.61. The van der Waals surface area contributed by atoms with Crippen LogP contribution >= 0.6 is 17.0 Å². The summed E-state index contributed by atoms with van der Waals surface area (Å²) in [6, 6.07) is 35.6. The fourth-order valence-electron chi connectivity index (χ4n) is 8.15. The third-order valence-corrected chi connectivity index (χ3v) is 77.8. The number of benzene rings is 4. The van der Waals surface area contributed by atoms with E-state index >= 15 is 0 Å². The molecule has 0 aromatic heterocycles. The molecule has 0 radical (unpaired) electrons. The van der Waals surface area contributed by atoms with Crippen molar-refractivity contribution in [3.63, 3.8) is 0 Å². The average molecular weight is 675 g/mol. The van der Waals surface area contributed by atoms with Crippen LogP contribution in [0, 0.1) is 0 Å². The molecule has 0 heterocycles. The molecule has 2 atom stereocenters. The Labute approximate surface area is 251 Å². The van der Waals surface area contributed by atoms with E-state index in [2.05, 4.69) is 149 Å². The molecular formula is C37H40Cl2SiZr. The zero-order valence-electron chi connectivity index (χ0n) is 24.7. The van der Waals surface area contributed by atoms with Gasteiger partial charge in [0.2, 0.25) is 0 Å². The first-order valence-corrected chi connectivity index (χ1v) is 32.6. The van der Waals surface area contributed by atoms with Crippen LogP contribution in [0.25, 0.3) is 23.3 Å². The summed E-state index contributed by atoms with van der Waals surface area (Å²) < 4.78 is 1.18. The van der Waals surface area contributed by atoms with Crippen LogP contribution in [-0.4, -0.2) is 5.92 Å². The van der Waals surface area contributed by atoms with Crippen molar-refractivity contribution in [2.75, 3.05) is 0 Å². The van der Waals surface area contributed by atoms with Gasteiger partial charge in [-0.3, -0.25) is 0 Å². The van der Waals surface area contributed by atoms with Crippen LogP contribution in [0.15, 0.2) is 109 Å². The molecule has 0 spiro atoms. The maximum absolute atomic E-state index is 8.95. The Bertz CT molecular complexity index is 1700. The van der Waals surface area contributed by atoms with E-state index in [9.17, 15) is 0 Å². The van der Waals surface area contributed by atoms with E-state index in [0.717, 1.165) is 6.42 Å². The van der Waals surface area contributed by atoms with Crippen molar-refractivity contribution in [3.8, 4) is 11.1 Å². The molecule has 0 N–H and O–H groups in total. The van der Waals surface area contributed by atoms with Crippen LogP contribution in [0.5, 0.6) is 0 Å². The zero-order valence-corrected chi connectivity index (χ0v) is 29.9. The van der Waals surface area contributed by atoms with E-state index < -0.39 is 20.0 Å². The van der Waals surface area contributed by atoms with Gasteiger partial charge in [-0.2, -0.15) is 0 Å². The quantitative estimate of drug-likeness (QED) is 0.171. The Morgan fingerprint density at radius 2 is 1.44 bits per heavy atom. The van der Waals surface area contributed by atoms with Crippen LogP contribution in [0.4, 0.5) is 0 Å². The van der Waals surface area contributed by atoms with Crippen molar-refractivity contribution in [3.05, 3.63) is 137 Å². The molecule has 0 aliphatic heterocycles. The Hall–Kier alpha value is -1.96. The molecule has 4 aromatic rings. The second-order valence-electron chi connectivity index (χ2n) is 12.9. The number of hydrogen-bond donors (Lipinski definition) is 0. The van der Waals surface area contributed by atoms with E-state index in [1.165, 1.54) is 47.8 Å². The summed E-state index contributed by atoms with van der Waals surface area (Å²) in [6.45, 7) is 11.6. The van der Waals surface area contributed by atoms with Gasteiger partial charge in [0.15, 0.2) is 0 Å². The predicted molar refractivity (Wildman–Crippen MR) is 182 cm³/mol. The van der Waals surface area contributed by atoms with Crippen LogP contribution in [0.1, 0.15) is 68.2 Å². The molecule has 4 heteroatoms. The summed E-state index contributed by atoms with van der Waals surface area (Å²) in [5.74, 6) is -1.31. The van der Waals surface area contributed by atoms with Gasteiger partial charge in [-0.1, -0.05) is 0 Å². The van der Waals surface area contributed by atoms with Crippen molar-refractivity contribution in [2.45, 2.75) is 53.5 Å². The second-order valence-corrected chi connectivity index (χ2v) is 64.0. The molecule has 2 aliphatic rings. The maximum atomic E-state index is 8.95. The molecule has 6 rings (SSSR count). The zero-order chi connectivity index (χ0) is 29.1. The summed E-state index contributed by atoms with van der Waals surface area (Å²) in [5, 5.41) is 0. The van der Waals surface area contributed by atoms with Crippen molar-refractivity contribution < 1.29 is 14.1 Å². The SMILES string of the molecule is CCC1=Cc2c(-c3ccc(C(C)C)cc3)cccc2[CH]1[Zr]([Cl])([Cl])([c]1ccccc1)([CH]1C=Cc2ccccc21)[SiH](C)C. The van der Waals surface area contributed by atoms with Gasteiger partial charge in [0, 0.05) is 0 Å². The first-order chi connectivity index (χ1) is 19.6. The monoisotopic (exact) mass is 672 g/mol. The third kappa shape index (κ3) is 3.94. The molecule has 210 valence electrons. The Morgan fingerprint density at radius 3 is 2.10 bits per heavy atom. The van der Waals surface area contributed by atoms with Gasteiger partial charge >= 0.3 is 254 Å². The van der Waals surface area contributed by atoms with Gasteiger partial charge in [-0.15, -0.1) is 0 Å². The van der Waals surface area contributed by atoms with Crippen molar-refractivity contribution >= 4 is 38.4 Å². The first kappa shape index (κ1) is 29.1. The van der Waals surface area contributed by atoms with E-state index in [4.69, 9.17) is 17.0 Å². The van der Waals surface area contributed by atoms with Crippen LogP contribution in [0.3, 0.4) is 0 Å². The molecule has 0 bridgehead atoms. The van der Waals surface area contributed by atoms with Crippen LogP contribution < -0.4 is 3.27 Å². The predicted octanol–water partition coefficient (Wildman–Crippen LogP) is 10.9. The third-order valence-electron chi connectivity index (χ3n) is 10.6. The molecule has 2 unspecified atom stereocenters. The fraction of sp³-hybridized carbons (Fsp3) is 0.243. The summed E-state index contributed by atoms with van der Waals surface area (Å²) in [7, 11) is 17.9. The van der Waals surface area contributed by atoms with Crippen molar-refractivity contribution in [2.24, 2.45) is 0 Å². The van der Waals surface area contributed by atoms with E-state index in [-0.39, 0.29) is 7.25 Å². The number of allylic oxidation sites excluding steroid dienone is 2. The standard InChI is InChI=1S/C20H21.C9H7.C6H5.C2H7Si.2ClH.Zr/c1-4-15-12-18-6-5-7-19(20(18)13-15)17-10-8-16(9-11-17)14(2)3;1-2-5-9-7-3-6-8(9)4-1;1-2-4-6-5-3-1;1-3-2;;;/h5-14H,4H2,1-3H3;1-7H;1-5H;3H,1-2H3;2*1H;/q;;;;;;+2/p-2. The fourth-order valence-corrected chi connectivity index (χ4v) is 51.6. The minimum atomic E-state index is -5.69. The van der Waals surface area contributed by atoms with Gasteiger partial charge in [0.25, 0.3) is 0 Å². The number of rotatable bonds is 7. The first-order valence-electron chi connectivity index (χ1n) is 15.1. The molecule has 41 heavy (non-hydrogen) atoms. The topological polar surface area (TPSA) is 0 Å². The Kier molecular flexibility index (Phi) is 7.14. The van der Waals surface area contributed by atoms with Gasteiger partial charge < -0.3 is 0 Å². The molecule has 0 saturated carbocycles. The summed E-state index contributed by atoms with van der Waals surface area (Å²) >= 11 is -5.69. The van der Waals surface area contributed by atoms with E-state index in [1.807, 2.05) is 0 Å².